The van der Waals surface area contributed by atoms with Crippen LogP contribution >= 0.6 is 0 Å². The molecule has 1 aromatic rings. The second-order valence-corrected chi connectivity index (χ2v) is 2.89. The van der Waals surface area contributed by atoms with Crippen molar-refractivity contribution in [3.63, 3.8) is 0 Å². The summed E-state index contributed by atoms with van der Waals surface area (Å²) >= 11 is 0. The quantitative estimate of drug-likeness (QED) is 0.557. The maximum atomic E-state index is 13.3. The second kappa shape index (κ2) is 3.19. The fourth-order valence-electron chi connectivity index (χ4n) is 1.23. The summed E-state index contributed by atoms with van der Waals surface area (Å²) in [4.78, 5) is 20.5. The summed E-state index contributed by atoms with van der Waals surface area (Å²) in [6.45, 7) is -0.270. The summed E-state index contributed by atoms with van der Waals surface area (Å²) in [6, 6.07) is 1.80. The highest BCUT2D eigenvalue weighted by Crippen LogP contribution is 2.34. The lowest BCUT2D eigenvalue weighted by Crippen LogP contribution is -2.26. The maximum absolute atomic E-state index is 13.3. The summed E-state index contributed by atoms with van der Waals surface area (Å²) in [6.07, 6.45) is 0. The number of nitro benzene ring substituents is 1. The van der Waals surface area contributed by atoms with E-state index < -0.39 is 22.3 Å². The van der Waals surface area contributed by atoms with Crippen LogP contribution < -0.4 is 10.1 Å². The molecule has 0 saturated carbocycles. The van der Waals surface area contributed by atoms with E-state index in [1.165, 1.54) is 0 Å². The van der Waals surface area contributed by atoms with Crippen LogP contribution in [0.2, 0.25) is 0 Å². The van der Waals surface area contributed by atoms with Gasteiger partial charge in [0, 0.05) is 0 Å². The Morgan fingerprint density at radius 3 is 2.93 bits per heavy atom. The summed E-state index contributed by atoms with van der Waals surface area (Å²) in [5.74, 6) is -1.40. The molecule has 1 aliphatic heterocycles. The van der Waals surface area contributed by atoms with Crippen LogP contribution in [-0.2, 0) is 4.79 Å². The zero-order valence-electron chi connectivity index (χ0n) is 7.32. The monoisotopic (exact) mass is 212 g/mol. The molecule has 0 aromatic heterocycles. The number of nitrogens with one attached hydrogen (secondary N) is 1. The highest BCUT2D eigenvalue weighted by atomic mass is 19.1. The normalized spacial score (nSPS) is 13.8. The van der Waals surface area contributed by atoms with Crippen molar-refractivity contribution >= 4 is 17.3 Å². The van der Waals surface area contributed by atoms with Gasteiger partial charge in [0.05, 0.1) is 17.1 Å². The molecule has 0 saturated heterocycles. The number of ether oxygens (including phenoxy) is 1. The lowest BCUT2D eigenvalue weighted by molar-refractivity contribution is -0.385. The number of non-ortho nitro benzene ring substituents is 1. The van der Waals surface area contributed by atoms with E-state index in [0.717, 1.165) is 12.1 Å². The zero-order valence-corrected chi connectivity index (χ0v) is 7.32. The highest BCUT2D eigenvalue weighted by molar-refractivity contribution is 5.95. The van der Waals surface area contributed by atoms with E-state index in [0.29, 0.717) is 0 Å². The Hall–Kier alpha value is -2.18. The predicted molar refractivity (Wildman–Crippen MR) is 47.2 cm³/mol. The van der Waals surface area contributed by atoms with Crippen LogP contribution in [0.4, 0.5) is 15.8 Å². The molecular weight excluding hydrogens is 207 g/mol. The standard InChI is InChI=1S/C8H5FN2O4/c9-5-1-4(11(13)14)2-6-8(5)10-7(12)3-15-6/h1-2H,3H2,(H,10,12). The van der Waals surface area contributed by atoms with E-state index in [4.69, 9.17) is 4.74 Å². The van der Waals surface area contributed by atoms with Crippen LogP contribution in [-0.4, -0.2) is 17.4 Å². The summed E-state index contributed by atoms with van der Waals surface area (Å²) in [5, 5.41) is 12.6. The highest BCUT2D eigenvalue weighted by Gasteiger charge is 2.23. The molecule has 0 spiro atoms. The molecular formula is C8H5FN2O4. The van der Waals surface area contributed by atoms with Gasteiger partial charge in [-0.3, -0.25) is 14.9 Å². The number of rotatable bonds is 1. The van der Waals surface area contributed by atoms with Crippen molar-refractivity contribution in [2.24, 2.45) is 0 Å². The van der Waals surface area contributed by atoms with Gasteiger partial charge in [0.1, 0.15) is 5.69 Å². The Labute approximate surface area is 82.8 Å². The van der Waals surface area contributed by atoms with Crippen LogP contribution in [0.25, 0.3) is 0 Å². The minimum absolute atomic E-state index is 0.0266. The Morgan fingerprint density at radius 2 is 2.27 bits per heavy atom. The van der Waals surface area contributed by atoms with Gasteiger partial charge < -0.3 is 10.1 Å². The molecule has 1 aliphatic rings. The molecule has 15 heavy (non-hydrogen) atoms. The van der Waals surface area contributed by atoms with Gasteiger partial charge in [-0.25, -0.2) is 4.39 Å². The molecule has 1 amide bonds. The van der Waals surface area contributed by atoms with Gasteiger partial charge in [0.25, 0.3) is 11.6 Å². The number of hydrogen-bond acceptors (Lipinski definition) is 4. The number of fused-ring (bicyclic) bond motifs is 1. The van der Waals surface area contributed by atoms with Gasteiger partial charge >= 0.3 is 0 Å². The summed E-state index contributed by atoms with van der Waals surface area (Å²) in [7, 11) is 0. The Kier molecular flexibility index (Phi) is 2.00. The van der Waals surface area contributed by atoms with Crippen LogP contribution in [0.5, 0.6) is 5.75 Å². The molecule has 6 nitrogen and oxygen atoms in total. The van der Waals surface area contributed by atoms with Gasteiger partial charge in [0.2, 0.25) is 0 Å². The number of hydrogen-bond donors (Lipinski definition) is 1. The molecule has 2 rings (SSSR count). The largest absolute Gasteiger partial charge is 0.481 e. The van der Waals surface area contributed by atoms with E-state index in [2.05, 4.69) is 5.32 Å². The van der Waals surface area contributed by atoms with Crippen LogP contribution in [0.1, 0.15) is 0 Å². The first-order valence-electron chi connectivity index (χ1n) is 3.98. The number of carbonyl (C=O) groups is 1. The predicted octanol–water partition coefficient (Wildman–Crippen LogP) is 1.06. The molecule has 0 unspecified atom stereocenters. The number of amides is 1. The van der Waals surface area contributed by atoms with E-state index in [1.807, 2.05) is 0 Å². The van der Waals surface area contributed by atoms with Crippen molar-refractivity contribution in [2.75, 3.05) is 11.9 Å². The van der Waals surface area contributed by atoms with Crippen molar-refractivity contribution in [1.82, 2.24) is 0 Å². The smallest absolute Gasteiger partial charge is 0.276 e. The zero-order chi connectivity index (χ0) is 11.0. The van der Waals surface area contributed by atoms with Crippen LogP contribution in [0, 0.1) is 15.9 Å². The number of benzene rings is 1. The molecule has 1 aromatic carbocycles. The number of nitrogens with zero attached hydrogens (tertiary/aromatic N) is 1. The average molecular weight is 212 g/mol. The Bertz CT molecular complexity index is 460. The number of carbonyl (C=O) groups excluding carboxylic acids is 1. The van der Waals surface area contributed by atoms with Crippen molar-refractivity contribution in [1.29, 1.82) is 0 Å². The number of nitro groups is 1. The molecule has 1 N–H and O–H groups in total. The minimum Gasteiger partial charge on any atom is -0.481 e. The van der Waals surface area contributed by atoms with E-state index in [1.54, 1.807) is 0 Å². The molecule has 0 aliphatic carbocycles. The Morgan fingerprint density at radius 1 is 1.53 bits per heavy atom. The molecule has 1 heterocycles. The van der Waals surface area contributed by atoms with E-state index >= 15 is 0 Å². The number of anilines is 1. The molecule has 0 atom stereocenters. The SMILES string of the molecule is O=C1COc2cc([N+](=O)[O-])cc(F)c2N1. The summed E-state index contributed by atoms with van der Waals surface area (Å²) in [5.41, 5.74) is -0.570. The lowest BCUT2D eigenvalue weighted by Gasteiger charge is -2.17. The van der Waals surface area contributed by atoms with Crippen LogP contribution in [0.3, 0.4) is 0 Å². The van der Waals surface area contributed by atoms with E-state index in [-0.39, 0.29) is 18.0 Å². The molecule has 0 radical (unpaired) electrons. The number of halogens is 1. The minimum atomic E-state index is -0.882. The third-order valence-electron chi connectivity index (χ3n) is 1.87. The van der Waals surface area contributed by atoms with Gasteiger partial charge in [-0.05, 0) is 0 Å². The second-order valence-electron chi connectivity index (χ2n) is 2.89. The van der Waals surface area contributed by atoms with Gasteiger partial charge in [-0.1, -0.05) is 0 Å². The van der Waals surface area contributed by atoms with Crippen molar-refractivity contribution < 1.29 is 18.8 Å². The first kappa shape index (κ1) is 9.38. The molecule has 78 valence electrons. The fraction of sp³-hybridized carbons (Fsp3) is 0.125. The van der Waals surface area contributed by atoms with Crippen LogP contribution in [0.15, 0.2) is 12.1 Å². The third-order valence-corrected chi connectivity index (χ3v) is 1.87. The van der Waals surface area contributed by atoms with Crippen molar-refractivity contribution in [2.45, 2.75) is 0 Å². The molecule has 7 heteroatoms. The van der Waals surface area contributed by atoms with Gasteiger partial charge in [0.15, 0.2) is 18.2 Å². The first-order chi connectivity index (χ1) is 7.08. The van der Waals surface area contributed by atoms with Gasteiger partial charge in [-0.15, -0.1) is 0 Å². The van der Waals surface area contributed by atoms with Crippen molar-refractivity contribution in [3.8, 4) is 5.75 Å². The molecule has 0 fully saturated rings. The van der Waals surface area contributed by atoms with E-state index in [9.17, 15) is 19.3 Å². The molecule has 0 bridgehead atoms. The average Bonchev–Trinajstić information content (AvgIpc) is 2.18. The van der Waals surface area contributed by atoms with Gasteiger partial charge in [-0.2, -0.15) is 0 Å². The maximum Gasteiger partial charge on any atom is 0.276 e. The third kappa shape index (κ3) is 1.58. The lowest BCUT2D eigenvalue weighted by atomic mass is 10.2. The first-order valence-corrected chi connectivity index (χ1v) is 3.98. The van der Waals surface area contributed by atoms with Crippen molar-refractivity contribution in [3.05, 3.63) is 28.1 Å². The summed E-state index contributed by atoms with van der Waals surface area (Å²) < 4.78 is 18.1. The Balaban J connectivity index is 2.52. The topological polar surface area (TPSA) is 81.5 Å². The fourth-order valence-corrected chi connectivity index (χ4v) is 1.23.